The quantitative estimate of drug-likeness (QED) is 0.674. The third kappa shape index (κ3) is 5.17. The van der Waals surface area contributed by atoms with Gasteiger partial charge in [-0.3, -0.25) is 4.98 Å². The third-order valence-corrected chi connectivity index (χ3v) is 3.52. The Morgan fingerprint density at radius 3 is 2.70 bits per heavy atom. The van der Waals surface area contributed by atoms with Crippen LogP contribution in [0.2, 0.25) is 0 Å². The highest BCUT2D eigenvalue weighted by Crippen LogP contribution is 2.28. The molecule has 114 valence electrons. The summed E-state index contributed by atoms with van der Waals surface area (Å²) in [7, 11) is 3.27. The molecule has 0 amide bonds. The summed E-state index contributed by atoms with van der Waals surface area (Å²) in [5.74, 6) is 2.75. The minimum absolute atomic E-state index is 0.620. The zero-order valence-electron chi connectivity index (χ0n) is 12.6. The maximum absolute atomic E-state index is 5.84. The van der Waals surface area contributed by atoms with Crippen molar-refractivity contribution in [2.24, 2.45) is 5.92 Å². The van der Waals surface area contributed by atoms with Gasteiger partial charge in [-0.05, 0) is 25.3 Å². The first-order valence-electron chi connectivity index (χ1n) is 7.09. The molecular weight excluding hydrogens is 276 g/mol. The van der Waals surface area contributed by atoms with E-state index in [9.17, 15) is 0 Å². The summed E-state index contributed by atoms with van der Waals surface area (Å²) < 4.78 is 10.6. The van der Waals surface area contributed by atoms with Gasteiger partial charge in [0.2, 0.25) is 0 Å². The van der Waals surface area contributed by atoms with Gasteiger partial charge in [0.1, 0.15) is 0 Å². The van der Waals surface area contributed by atoms with E-state index in [2.05, 4.69) is 17.2 Å². The smallest absolute Gasteiger partial charge is 0.183 e. The van der Waals surface area contributed by atoms with E-state index in [1.807, 2.05) is 0 Å². The number of rotatable bonds is 10. The first-order valence-corrected chi connectivity index (χ1v) is 7.62. The van der Waals surface area contributed by atoms with Crippen molar-refractivity contribution in [3.05, 3.63) is 18.0 Å². The Morgan fingerprint density at radius 1 is 1.30 bits per heavy atom. The van der Waals surface area contributed by atoms with Crippen molar-refractivity contribution in [1.29, 1.82) is 0 Å². The molecule has 20 heavy (non-hydrogen) atoms. The SMILES string of the molecule is CCCC(CCCl)CNCc1nccc(OC)c1OC. The Balaban J connectivity index is 2.56. The van der Waals surface area contributed by atoms with Crippen molar-refractivity contribution in [3.63, 3.8) is 0 Å². The normalized spacial score (nSPS) is 12.2. The van der Waals surface area contributed by atoms with Crippen LogP contribution in [0.3, 0.4) is 0 Å². The van der Waals surface area contributed by atoms with Crippen LogP contribution in [-0.2, 0) is 6.54 Å². The van der Waals surface area contributed by atoms with Gasteiger partial charge in [-0.15, -0.1) is 11.6 Å². The second-order valence-corrected chi connectivity index (χ2v) is 5.13. The number of halogens is 1. The van der Waals surface area contributed by atoms with Crippen molar-refractivity contribution in [1.82, 2.24) is 10.3 Å². The van der Waals surface area contributed by atoms with Gasteiger partial charge >= 0.3 is 0 Å². The molecule has 5 heteroatoms. The predicted octanol–water partition coefficient (Wildman–Crippen LogP) is 3.23. The van der Waals surface area contributed by atoms with Gasteiger partial charge in [-0.2, -0.15) is 0 Å². The molecular formula is C15H25ClN2O2. The zero-order chi connectivity index (χ0) is 14.8. The molecule has 0 saturated carbocycles. The van der Waals surface area contributed by atoms with Crippen LogP contribution in [0.4, 0.5) is 0 Å². The first-order chi connectivity index (χ1) is 9.76. The average molecular weight is 301 g/mol. The summed E-state index contributed by atoms with van der Waals surface area (Å²) in [6.07, 6.45) is 5.16. The molecule has 0 saturated heterocycles. The molecule has 0 fully saturated rings. The second kappa shape index (κ2) is 9.83. The second-order valence-electron chi connectivity index (χ2n) is 4.76. The van der Waals surface area contributed by atoms with E-state index in [4.69, 9.17) is 21.1 Å². The fourth-order valence-corrected chi connectivity index (χ4v) is 2.59. The first kappa shape index (κ1) is 17.1. The van der Waals surface area contributed by atoms with Gasteiger partial charge in [0.05, 0.1) is 19.9 Å². The van der Waals surface area contributed by atoms with E-state index >= 15 is 0 Å². The van der Waals surface area contributed by atoms with E-state index < -0.39 is 0 Å². The Morgan fingerprint density at radius 2 is 2.10 bits per heavy atom. The molecule has 1 rings (SSSR count). The van der Waals surface area contributed by atoms with Gasteiger partial charge < -0.3 is 14.8 Å². The van der Waals surface area contributed by atoms with E-state index in [0.29, 0.717) is 29.8 Å². The molecule has 1 aromatic heterocycles. The van der Waals surface area contributed by atoms with Crippen molar-refractivity contribution >= 4 is 11.6 Å². The summed E-state index contributed by atoms with van der Waals surface area (Å²) in [6, 6.07) is 1.80. The van der Waals surface area contributed by atoms with Gasteiger partial charge in [0, 0.05) is 24.7 Å². The fraction of sp³-hybridized carbons (Fsp3) is 0.667. The van der Waals surface area contributed by atoms with E-state index in [0.717, 1.165) is 18.7 Å². The number of aromatic nitrogens is 1. The van der Waals surface area contributed by atoms with Crippen molar-refractivity contribution in [3.8, 4) is 11.5 Å². The Kier molecular flexibility index (Phi) is 8.38. The number of alkyl halides is 1. The van der Waals surface area contributed by atoms with Crippen molar-refractivity contribution in [2.45, 2.75) is 32.7 Å². The molecule has 1 heterocycles. The third-order valence-electron chi connectivity index (χ3n) is 3.31. The molecule has 0 bridgehead atoms. The van der Waals surface area contributed by atoms with Crippen molar-refractivity contribution in [2.75, 3.05) is 26.6 Å². The number of nitrogens with one attached hydrogen (secondary N) is 1. The van der Waals surface area contributed by atoms with Gasteiger partial charge in [-0.25, -0.2) is 0 Å². The van der Waals surface area contributed by atoms with Gasteiger partial charge in [-0.1, -0.05) is 13.3 Å². The lowest BCUT2D eigenvalue weighted by Crippen LogP contribution is -2.23. The largest absolute Gasteiger partial charge is 0.493 e. The highest BCUT2D eigenvalue weighted by Gasteiger charge is 2.12. The predicted molar refractivity (Wildman–Crippen MR) is 82.8 cm³/mol. The minimum Gasteiger partial charge on any atom is -0.493 e. The Hall–Kier alpha value is -1.00. The lowest BCUT2D eigenvalue weighted by Gasteiger charge is -2.16. The van der Waals surface area contributed by atoms with Crippen LogP contribution in [0, 0.1) is 5.92 Å². The molecule has 0 aliphatic heterocycles. The molecule has 1 aromatic rings. The molecule has 0 aromatic carbocycles. The fourth-order valence-electron chi connectivity index (χ4n) is 2.28. The monoisotopic (exact) mass is 300 g/mol. The zero-order valence-corrected chi connectivity index (χ0v) is 13.4. The molecule has 1 unspecified atom stereocenters. The topological polar surface area (TPSA) is 43.4 Å². The number of hydrogen-bond donors (Lipinski definition) is 1. The van der Waals surface area contributed by atoms with E-state index in [-0.39, 0.29) is 0 Å². The highest BCUT2D eigenvalue weighted by atomic mass is 35.5. The summed E-state index contributed by atoms with van der Waals surface area (Å²) in [4.78, 5) is 4.35. The Labute approximate surface area is 126 Å². The summed E-state index contributed by atoms with van der Waals surface area (Å²) in [6.45, 7) is 3.82. The van der Waals surface area contributed by atoms with Crippen LogP contribution in [0.5, 0.6) is 11.5 Å². The number of hydrogen-bond acceptors (Lipinski definition) is 4. The molecule has 1 N–H and O–H groups in total. The van der Waals surface area contributed by atoms with E-state index in [1.165, 1.54) is 12.8 Å². The minimum atomic E-state index is 0.620. The van der Waals surface area contributed by atoms with Crippen LogP contribution < -0.4 is 14.8 Å². The number of pyridine rings is 1. The van der Waals surface area contributed by atoms with Crippen LogP contribution in [-0.4, -0.2) is 31.6 Å². The number of methoxy groups -OCH3 is 2. The van der Waals surface area contributed by atoms with Gasteiger partial charge in [0.15, 0.2) is 11.5 Å². The van der Waals surface area contributed by atoms with Crippen LogP contribution in [0.1, 0.15) is 31.9 Å². The standard InChI is InChI=1S/C15H25ClN2O2/c1-4-5-12(6-8-16)10-17-11-13-15(20-3)14(19-2)7-9-18-13/h7,9,12,17H,4-6,8,10-11H2,1-3H3. The Bertz CT molecular complexity index is 382. The molecule has 0 spiro atoms. The van der Waals surface area contributed by atoms with Crippen LogP contribution >= 0.6 is 11.6 Å². The molecule has 1 atom stereocenters. The molecule has 0 aliphatic rings. The average Bonchev–Trinajstić information content (AvgIpc) is 2.47. The highest BCUT2D eigenvalue weighted by molar-refractivity contribution is 6.17. The van der Waals surface area contributed by atoms with E-state index in [1.54, 1.807) is 26.5 Å². The summed E-state index contributed by atoms with van der Waals surface area (Å²) in [5.41, 5.74) is 0.868. The number of ether oxygens (including phenoxy) is 2. The maximum atomic E-state index is 5.84. The summed E-state index contributed by atoms with van der Waals surface area (Å²) >= 11 is 5.84. The number of nitrogens with zero attached hydrogens (tertiary/aromatic N) is 1. The molecule has 0 aliphatic carbocycles. The lowest BCUT2D eigenvalue weighted by molar-refractivity contribution is 0.346. The summed E-state index contributed by atoms with van der Waals surface area (Å²) in [5, 5.41) is 3.44. The van der Waals surface area contributed by atoms with Crippen molar-refractivity contribution < 1.29 is 9.47 Å². The molecule has 4 nitrogen and oxygen atoms in total. The van der Waals surface area contributed by atoms with Gasteiger partial charge in [0.25, 0.3) is 0 Å². The van der Waals surface area contributed by atoms with Crippen LogP contribution in [0.15, 0.2) is 12.3 Å². The maximum Gasteiger partial charge on any atom is 0.183 e. The molecule has 0 radical (unpaired) electrons. The van der Waals surface area contributed by atoms with Crippen LogP contribution in [0.25, 0.3) is 0 Å². The lowest BCUT2D eigenvalue weighted by atomic mass is 10.0.